The molecule has 0 unspecified atom stereocenters. The Labute approximate surface area is 154 Å². The highest BCUT2D eigenvalue weighted by Gasteiger charge is 2.35. The van der Waals surface area contributed by atoms with Gasteiger partial charge in [-0.2, -0.15) is 4.31 Å². The summed E-state index contributed by atoms with van der Waals surface area (Å²) in [6.07, 6.45) is 4.20. The lowest BCUT2D eigenvalue weighted by molar-refractivity contribution is -0.122. The Morgan fingerprint density at radius 3 is 2.40 bits per heavy atom. The Morgan fingerprint density at radius 1 is 1.24 bits per heavy atom. The predicted octanol–water partition coefficient (Wildman–Crippen LogP) is 2.97. The highest BCUT2D eigenvalue weighted by Crippen LogP contribution is 2.30. The first-order chi connectivity index (χ1) is 11.7. The molecule has 0 heterocycles. The molecule has 3 N–H and O–H groups in total. The van der Waals surface area contributed by atoms with E-state index in [-0.39, 0.29) is 15.8 Å². The van der Waals surface area contributed by atoms with Gasteiger partial charge in [-0.15, -0.1) is 0 Å². The molecule has 6 nitrogen and oxygen atoms in total. The molecule has 8 heteroatoms. The molecule has 1 aliphatic rings. The van der Waals surface area contributed by atoms with Gasteiger partial charge in [-0.1, -0.05) is 44.7 Å². The molecular weight excluding hydrogens is 362 g/mol. The van der Waals surface area contributed by atoms with Crippen molar-refractivity contribution in [3.63, 3.8) is 0 Å². The number of hydrogen-bond donors (Lipinski definition) is 2. The normalized spacial score (nSPS) is 17.5. The van der Waals surface area contributed by atoms with Crippen molar-refractivity contribution >= 4 is 33.2 Å². The second-order valence-electron chi connectivity index (χ2n) is 6.41. The van der Waals surface area contributed by atoms with Crippen molar-refractivity contribution in [1.29, 1.82) is 0 Å². The summed E-state index contributed by atoms with van der Waals surface area (Å²) in [5.74, 6) is -0.277. The molecule has 0 radical (unpaired) electrons. The Hall–Kier alpha value is -1.15. The molecule has 0 atom stereocenters. The fourth-order valence-corrected chi connectivity index (χ4v) is 5.11. The van der Waals surface area contributed by atoms with Gasteiger partial charge in [0, 0.05) is 18.8 Å². The molecule has 1 amide bonds. The van der Waals surface area contributed by atoms with Crippen molar-refractivity contribution in [2.24, 2.45) is 5.73 Å². The van der Waals surface area contributed by atoms with Crippen LogP contribution in [0.5, 0.6) is 0 Å². The summed E-state index contributed by atoms with van der Waals surface area (Å²) >= 11 is 6.11. The number of carbonyl (C=O) groups is 1. The average molecular weight is 388 g/mol. The highest BCUT2D eigenvalue weighted by atomic mass is 35.5. The molecule has 0 spiro atoms. The first kappa shape index (κ1) is 20.2. The maximum Gasteiger partial charge on any atom is 0.244 e. The summed E-state index contributed by atoms with van der Waals surface area (Å²) in [4.78, 5) is 12.5. The van der Waals surface area contributed by atoms with Gasteiger partial charge in [-0.3, -0.25) is 4.79 Å². The number of hydrogen-bond acceptors (Lipinski definition) is 4. The van der Waals surface area contributed by atoms with E-state index in [0.29, 0.717) is 31.6 Å². The maximum atomic E-state index is 12.7. The third-order valence-electron chi connectivity index (χ3n) is 4.71. The average Bonchev–Trinajstić information content (AvgIpc) is 2.58. The fraction of sp³-hybridized carbons (Fsp3) is 0.588. The second kappa shape index (κ2) is 8.03. The lowest BCUT2D eigenvalue weighted by Gasteiger charge is -2.31. The lowest BCUT2D eigenvalue weighted by atomic mass is 9.82. The number of benzene rings is 1. The quantitative estimate of drug-likeness (QED) is 0.784. The van der Waals surface area contributed by atoms with E-state index in [0.717, 1.165) is 19.3 Å². The fourth-order valence-electron chi connectivity index (χ4n) is 3.15. The zero-order valence-corrected chi connectivity index (χ0v) is 16.3. The minimum absolute atomic E-state index is 0.00891. The summed E-state index contributed by atoms with van der Waals surface area (Å²) in [7, 11) is -3.71. The molecule has 0 aromatic heterocycles. The van der Waals surface area contributed by atoms with Gasteiger partial charge < -0.3 is 11.1 Å². The molecule has 1 aliphatic carbocycles. The van der Waals surface area contributed by atoms with Crippen LogP contribution in [0.25, 0.3) is 0 Å². The molecule has 0 bridgehead atoms. The number of nitrogens with one attached hydrogen (secondary N) is 1. The van der Waals surface area contributed by atoms with Gasteiger partial charge in [0.1, 0.15) is 4.90 Å². The molecule has 140 valence electrons. The first-order valence-electron chi connectivity index (χ1n) is 8.64. The van der Waals surface area contributed by atoms with Crippen LogP contribution in [-0.4, -0.2) is 37.3 Å². The smallest absolute Gasteiger partial charge is 0.244 e. The van der Waals surface area contributed by atoms with Crippen molar-refractivity contribution in [2.75, 3.05) is 18.4 Å². The van der Waals surface area contributed by atoms with Gasteiger partial charge in [-0.25, -0.2) is 8.42 Å². The Kier molecular flexibility index (Phi) is 6.48. The summed E-state index contributed by atoms with van der Waals surface area (Å²) < 4.78 is 26.8. The third-order valence-corrected chi connectivity index (χ3v) is 7.24. The molecule has 1 aromatic rings. The number of sulfonamides is 1. The molecule has 0 saturated heterocycles. The number of anilines is 1. The summed E-state index contributed by atoms with van der Waals surface area (Å²) in [6.45, 7) is 4.22. The van der Waals surface area contributed by atoms with Crippen molar-refractivity contribution in [1.82, 2.24) is 4.31 Å². The topological polar surface area (TPSA) is 92.5 Å². The van der Waals surface area contributed by atoms with Crippen LogP contribution in [0, 0.1) is 0 Å². The van der Waals surface area contributed by atoms with Gasteiger partial charge >= 0.3 is 0 Å². The first-order valence-corrected chi connectivity index (χ1v) is 10.5. The molecule has 1 saturated carbocycles. The van der Waals surface area contributed by atoms with E-state index in [1.165, 1.54) is 16.4 Å². The SMILES string of the molecule is CCN(CC)S(=O)(=O)c1cc(NC(=O)C2(N)CCCCC2)ccc1Cl. The maximum absolute atomic E-state index is 12.7. The summed E-state index contributed by atoms with van der Waals surface area (Å²) in [5, 5.41) is 2.89. The molecule has 0 aliphatic heterocycles. The zero-order chi connectivity index (χ0) is 18.7. The summed E-state index contributed by atoms with van der Waals surface area (Å²) in [6, 6.07) is 4.48. The van der Waals surface area contributed by atoms with Crippen LogP contribution in [-0.2, 0) is 14.8 Å². The Bertz CT molecular complexity index is 727. The van der Waals surface area contributed by atoms with E-state index in [2.05, 4.69) is 5.32 Å². The monoisotopic (exact) mass is 387 g/mol. The van der Waals surface area contributed by atoms with Crippen molar-refractivity contribution in [3.05, 3.63) is 23.2 Å². The number of nitrogens with two attached hydrogens (primary N) is 1. The van der Waals surface area contributed by atoms with Gasteiger partial charge in [0.2, 0.25) is 15.9 Å². The van der Waals surface area contributed by atoms with Gasteiger partial charge in [0.15, 0.2) is 0 Å². The van der Waals surface area contributed by atoms with E-state index >= 15 is 0 Å². The van der Waals surface area contributed by atoms with E-state index in [9.17, 15) is 13.2 Å². The molecule has 25 heavy (non-hydrogen) atoms. The highest BCUT2D eigenvalue weighted by molar-refractivity contribution is 7.89. The van der Waals surface area contributed by atoms with E-state index < -0.39 is 15.6 Å². The standard InChI is InChI=1S/C17H26ClN3O3S/c1-3-21(4-2)25(23,24)15-12-13(8-9-14(15)18)20-16(22)17(19)10-6-5-7-11-17/h8-9,12H,3-7,10-11,19H2,1-2H3,(H,20,22). The lowest BCUT2D eigenvalue weighted by Crippen LogP contribution is -2.52. The van der Waals surface area contributed by atoms with Crippen LogP contribution in [0.1, 0.15) is 46.0 Å². The van der Waals surface area contributed by atoms with E-state index in [1.54, 1.807) is 19.9 Å². The van der Waals surface area contributed by atoms with Crippen LogP contribution < -0.4 is 11.1 Å². The van der Waals surface area contributed by atoms with Gasteiger partial charge in [-0.05, 0) is 31.0 Å². The largest absolute Gasteiger partial charge is 0.324 e. The molecule has 1 aromatic carbocycles. The number of carbonyl (C=O) groups excluding carboxylic acids is 1. The Morgan fingerprint density at radius 2 is 1.84 bits per heavy atom. The van der Waals surface area contributed by atoms with Crippen LogP contribution in [0.3, 0.4) is 0 Å². The van der Waals surface area contributed by atoms with Crippen molar-refractivity contribution in [3.8, 4) is 0 Å². The van der Waals surface area contributed by atoms with Crippen LogP contribution in [0.15, 0.2) is 23.1 Å². The number of amides is 1. The summed E-state index contributed by atoms with van der Waals surface area (Å²) in [5.41, 5.74) is 5.72. The van der Waals surface area contributed by atoms with E-state index in [1.807, 2.05) is 0 Å². The minimum Gasteiger partial charge on any atom is -0.324 e. The number of rotatable bonds is 6. The van der Waals surface area contributed by atoms with E-state index in [4.69, 9.17) is 17.3 Å². The van der Waals surface area contributed by atoms with Crippen LogP contribution in [0.2, 0.25) is 5.02 Å². The predicted molar refractivity (Wildman–Crippen MR) is 100 cm³/mol. The molecular formula is C17H26ClN3O3S. The molecule has 1 fully saturated rings. The molecule has 2 rings (SSSR count). The second-order valence-corrected chi connectivity index (χ2v) is 8.72. The van der Waals surface area contributed by atoms with Gasteiger partial charge in [0.05, 0.1) is 10.6 Å². The van der Waals surface area contributed by atoms with Crippen LogP contribution in [0.4, 0.5) is 5.69 Å². The zero-order valence-electron chi connectivity index (χ0n) is 14.7. The van der Waals surface area contributed by atoms with Crippen LogP contribution >= 0.6 is 11.6 Å². The minimum atomic E-state index is -3.71. The van der Waals surface area contributed by atoms with Crippen molar-refractivity contribution < 1.29 is 13.2 Å². The number of halogens is 1. The third kappa shape index (κ3) is 4.34. The number of nitrogens with zero attached hydrogens (tertiary/aromatic N) is 1. The van der Waals surface area contributed by atoms with Gasteiger partial charge in [0.25, 0.3) is 0 Å². The van der Waals surface area contributed by atoms with Crippen molar-refractivity contribution in [2.45, 2.75) is 56.4 Å². The Balaban J connectivity index is 2.28.